The fraction of sp³-hybridized carbons (Fsp3) is 0.355. The van der Waals surface area contributed by atoms with Crippen LogP contribution in [0, 0.1) is 0 Å². The van der Waals surface area contributed by atoms with E-state index in [1.165, 1.54) is 17.3 Å². The predicted octanol–water partition coefficient (Wildman–Crippen LogP) is 4.82. The number of imidazole rings is 1. The summed E-state index contributed by atoms with van der Waals surface area (Å²) in [7, 11) is -4.01. The largest absolute Gasteiger partial charge is 0.349 e. The van der Waals surface area contributed by atoms with E-state index in [9.17, 15) is 18.0 Å². The molecule has 0 bridgehead atoms. The highest BCUT2D eigenvalue weighted by atomic mass is 35.5. The Labute approximate surface area is 259 Å². The minimum atomic E-state index is -4.01. The van der Waals surface area contributed by atoms with E-state index in [2.05, 4.69) is 15.3 Å². The molecule has 0 radical (unpaired) electrons. The van der Waals surface area contributed by atoms with Crippen molar-refractivity contribution in [3.05, 3.63) is 82.9 Å². The standard InChI is InChI=1S/C31H29Cl2N5O4S/c1-30(9-10-30)36-28(39)26-15-22(16-38(26)29(40)31(11-12-31)19-2-4-20(32)5-3-19)43(41,42)27-7-6-21(14-23(27)33)37-13-8-24-25(17-37)35-18-34-24/h2-8,13-14,17-18,22,26H,9-12,15-16H2,1H3,(H,36,39)/t22?,26-/m0/s1. The summed E-state index contributed by atoms with van der Waals surface area (Å²) in [6, 6.07) is 12.8. The number of carbonyl (C=O) groups excluding carboxylic acids is 2. The Morgan fingerprint density at radius 2 is 1.70 bits per heavy atom. The Bertz CT molecular complexity index is 1830. The normalized spacial score (nSPS) is 22.0. The fourth-order valence-electron chi connectivity index (χ4n) is 6.04. The number of rotatable bonds is 7. The predicted molar refractivity (Wildman–Crippen MR) is 162 cm³/mol. The second-order valence-electron chi connectivity index (χ2n) is 12.1. The number of carbonyl (C=O) groups is 2. The first kappa shape index (κ1) is 28.3. The second kappa shape index (κ2) is 10.0. The highest BCUT2D eigenvalue weighted by Gasteiger charge is 2.57. The zero-order valence-corrected chi connectivity index (χ0v) is 25.7. The Kier molecular flexibility index (Phi) is 6.61. The second-order valence-corrected chi connectivity index (χ2v) is 15.2. The van der Waals surface area contributed by atoms with Crippen molar-refractivity contribution in [2.24, 2.45) is 0 Å². The summed E-state index contributed by atoms with van der Waals surface area (Å²) in [5.41, 5.74) is 1.83. The lowest BCUT2D eigenvalue weighted by molar-refractivity contribution is -0.140. The van der Waals surface area contributed by atoms with Crippen LogP contribution >= 0.6 is 23.2 Å². The number of fused-ring (bicyclic) bond motifs is 1. The first-order valence-corrected chi connectivity index (χ1v) is 16.5. The first-order valence-electron chi connectivity index (χ1n) is 14.2. The van der Waals surface area contributed by atoms with Gasteiger partial charge in [0, 0.05) is 35.2 Å². The first-order chi connectivity index (χ1) is 20.5. The van der Waals surface area contributed by atoms with E-state index in [0.717, 1.165) is 24.1 Å². The van der Waals surface area contributed by atoms with Gasteiger partial charge in [-0.1, -0.05) is 35.3 Å². The smallest absolute Gasteiger partial charge is 0.243 e. The van der Waals surface area contributed by atoms with Crippen LogP contribution in [0.1, 0.15) is 44.6 Å². The third-order valence-electron chi connectivity index (χ3n) is 9.08. The van der Waals surface area contributed by atoms with Crippen LogP contribution in [0.5, 0.6) is 0 Å². The van der Waals surface area contributed by atoms with Crippen LogP contribution in [0.3, 0.4) is 0 Å². The summed E-state index contributed by atoms with van der Waals surface area (Å²) in [6.45, 7) is 1.86. The molecule has 7 rings (SSSR count). The lowest BCUT2D eigenvalue weighted by atomic mass is 9.94. The number of halogens is 2. The van der Waals surface area contributed by atoms with Crippen LogP contribution in [0.4, 0.5) is 0 Å². The van der Waals surface area contributed by atoms with Gasteiger partial charge in [-0.25, -0.2) is 18.4 Å². The Morgan fingerprint density at radius 3 is 2.37 bits per heavy atom. The maximum Gasteiger partial charge on any atom is 0.243 e. The van der Waals surface area contributed by atoms with Gasteiger partial charge in [0.05, 0.1) is 26.3 Å². The van der Waals surface area contributed by atoms with Gasteiger partial charge in [-0.3, -0.25) is 9.59 Å². The molecule has 5 aliphatic rings. The van der Waals surface area contributed by atoms with Gasteiger partial charge in [-0.2, -0.15) is 0 Å². The third-order valence-corrected chi connectivity index (χ3v) is 11.9. The van der Waals surface area contributed by atoms with Crippen LogP contribution in [0.15, 0.2) is 72.1 Å². The van der Waals surface area contributed by atoms with Crippen LogP contribution < -0.4 is 5.32 Å². The fourth-order valence-corrected chi connectivity index (χ4v) is 8.41. The van der Waals surface area contributed by atoms with Gasteiger partial charge in [0.15, 0.2) is 9.84 Å². The van der Waals surface area contributed by atoms with E-state index < -0.39 is 26.5 Å². The molecular weight excluding hydrogens is 609 g/mol. The van der Waals surface area contributed by atoms with E-state index in [-0.39, 0.29) is 40.2 Å². The van der Waals surface area contributed by atoms with Crippen molar-refractivity contribution in [3.63, 3.8) is 0 Å². The van der Waals surface area contributed by atoms with Gasteiger partial charge in [-0.05, 0) is 81.0 Å². The molecule has 1 saturated heterocycles. The maximum absolute atomic E-state index is 14.1. The number of hydrogen-bond donors (Lipinski definition) is 1. The SMILES string of the molecule is CC1(NC(=O)[C@@H]2CC(S(=O)(=O)c3ccc(-n4ccc5ncnc-5c4)cc3Cl)CN2C(=O)C2(c3ccc(Cl)cc3)CC2)CC1. The maximum atomic E-state index is 14.1. The number of pyridine rings is 1. The number of benzene rings is 2. The topological polar surface area (TPSA) is 114 Å². The summed E-state index contributed by atoms with van der Waals surface area (Å²) in [6.07, 6.45) is 8.01. The van der Waals surface area contributed by atoms with Crippen molar-refractivity contribution in [3.8, 4) is 17.1 Å². The van der Waals surface area contributed by atoms with Crippen molar-refractivity contribution in [1.29, 1.82) is 0 Å². The highest BCUT2D eigenvalue weighted by molar-refractivity contribution is 7.92. The number of nitrogens with zero attached hydrogens (tertiary/aromatic N) is 4. The van der Waals surface area contributed by atoms with E-state index in [1.54, 1.807) is 41.2 Å². The van der Waals surface area contributed by atoms with Crippen molar-refractivity contribution in [2.45, 2.75) is 66.2 Å². The van der Waals surface area contributed by atoms with E-state index in [0.29, 0.717) is 29.2 Å². The average molecular weight is 639 g/mol. The lowest BCUT2D eigenvalue weighted by Gasteiger charge is -2.29. The molecule has 1 N–H and O–H groups in total. The zero-order chi connectivity index (χ0) is 30.1. The van der Waals surface area contributed by atoms with Crippen LogP contribution in [0.25, 0.3) is 17.1 Å². The summed E-state index contributed by atoms with van der Waals surface area (Å²) in [5, 5.41) is 2.69. The van der Waals surface area contributed by atoms with Crippen LogP contribution in [0.2, 0.25) is 10.0 Å². The molecule has 2 atom stereocenters. The van der Waals surface area contributed by atoms with Crippen molar-refractivity contribution in [1.82, 2.24) is 24.8 Å². The number of aromatic nitrogens is 3. The molecule has 2 aromatic carbocycles. The number of amides is 2. The van der Waals surface area contributed by atoms with Gasteiger partial charge < -0.3 is 14.8 Å². The Morgan fingerprint density at radius 1 is 0.977 bits per heavy atom. The average Bonchev–Trinajstić information content (AvgIpc) is 3.81. The van der Waals surface area contributed by atoms with Gasteiger partial charge in [0.2, 0.25) is 11.8 Å². The Balaban J connectivity index is 1.19. The van der Waals surface area contributed by atoms with Crippen LogP contribution in [-0.4, -0.2) is 63.0 Å². The number of likely N-dealkylation sites (tertiary alicyclic amines) is 1. The van der Waals surface area contributed by atoms with E-state index in [4.69, 9.17) is 23.2 Å². The molecule has 3 aliphatic heterocycles. The molecule has 2 saturated carbocycles. The van der Waals surface area contributed by atoms with Crippen molar-refractivity contribution in [2.75, 3.05) is 6.54 Å². The molecule has 0 aromatic heterocycles. The van der Waals surface area contributed by atoms with E-state index in [1.807, 2.05) is 25.1 Å². The summed E-state index contributed by atoms with van der Waals surface area (Å²) in [5.74, 6) is -0.542. The zero-order valence-electron chi connectivity index (χ0n) is 23.3. The molecular formula is C31H29Cl2N5O4S. The molecule has 2 aromatic rings. The van der Waals surface area contributed by atoms with Gasteiger partial charge in [-0.15, -0.1) is 0 Å². The number of hydrogen-bond acceptors (Lipinski definition) is 6. The molecule has 0 spiro atoms. The van der Waals surface area contributed by atoms with Crippen molar-refractivity contribution >= 4 is 44.9 Å². The molecule has 222 valence electrons. The molecule has 43 heavy (non-hydrogen) atoms. The summed E-state index contributed by atoms with van der Waals surface area (Å²) in [4.78, 5) is 37.5. The Hall–Kier alpha value is -3.47. The van der Waals surface area contributed by atoms with Gasteiger partial charge in [0.25, 0.3) is 0 Å². The molecule has 9 nitrogen and oxygen atoms in total. The van der Waals surface area contributed by atoms with Gasteiger partial charge >= 0.3 is 0 Å². The van der Waals surface area contributed by atoms with Crippen molar-refractivity contribution < 1.29 is 18.0 Å². The third kappa shape index (κ3) is 4.99. The molecule has 3 fully saturated rings. The minimum Gasteiger partial charge on any atom is -0.349 e. The van der Waals surface area contributed by atoms with Crippen LogP contribution in [-0.2, 0) is 24.8 Å². The molecule has 12 heteroatoms. The minimum absolute atomic E-state index is 0.00809. The molecule has 2 amide bonds. The lowest BCUT2D eigenvalue weighted by Crippen LogP contribution is -2.51. The summed E-state index contributed by atoms with van der Waals surface area (Å²) < 4.78 is 29.9. The van der Waals surface area contributed by atoms with Gasteiger partial charge in [0.1, 0.15) is 18.1 Å². The summed E-state index contributed by atoms with van der Waals surface area (Å²) >= 11 is 12.7. The quantitative estimate of drug-likeness (QED) is 0.311. The number of sulfone groups is 1. The molecule has 2 aliphatic carbocycles. The monoisotopic (exact) mass is 637 g/mol. The molecule has 1 unspecified atom stereocenters. The highest BCUT2D eigenvalue weighted by Crippen LogP contribution is 2.51. The van der Waals surface area contributed by atoms with E-state index >= 15 is 0 Å². The number of nitrogens with one attached hydrogen (secondary N) is 1. The molecule has 3 heterocycles.